The third kappa shape index (κ3) is 2.62. The average molecular weight is 371 g/mol. The van der Waals surface area contributed by atoms with E-state index in [0.717, 1.165) is 0 Å². The Hall–Kier alpha value is -4.25. The second-order valence-electron chi connectivity index (χ2n) is 6.18. The number of pyridine rings is 1. The van der Waals surface area contributed by atoms with E-state index in [9.17, 15) is 20.2 Å². The number of imidazole rings is 1. The number of rotatable bonds is 3. The highest BCUT2D eigenvalue weighted by Gasteiger charge is 2.15. The second kappa shape index (κ2) is 6.48. The summed E-state index contributed by atoms with van der Waals surface area (Å²) in [5.41, 5.74) is 2.70. The summed E-state index contributed by atoms with van der Waals surface area (Å²) in [5, 5.41) is 23.7. The molecule has 0 aliphatic heterocycles. The van der Waals surface area contributed by atoms with Gasteiger partial charge in [-0.3, -0.25) is 19.3 Å². The van der Waals surface area contributed by atoms with Crippen LogP contribution in [0.4, 0.5) is 11.4 Å². The standard InChI is InChI=1S/C20H13N5O3/c1-12-15(10-21)19-23-17-4-2-3-5-18(17)24(19)20(26)16(12)11-22-13-6-8-14(9-7-13)25(27)28/h2-9,11,22H,1H3/b16-11-. The van der Waals surface area contributed by atoms with Crippen LogP contribution >= 0.6 is 0 Å². The molecular formula is C20H13N5O3. The van der Waals surface area contributed by atoms with Crippen LogP contribution in [0.2, 0.25) is 0 Å². The van der Waals surface area contributed by atoms with Crippen molar-refractivity contribution in [2.24, 2.45) is 0 Å². The fourth-order valence-corrected chi connectivity index (χ4v) is 3.12. The summed E-state index contributed by atoms with van der Waals surface area (Å²) in [7, 11) is 0. The van der Waals surface area contributed by atoms with Crippen molar-refractivity contribution in [1.29, 1.82) is 5.26 Å². The van der Waals surface area contributed by atoms with Gasteiger partial charge in [0.25, 0.3) is 11.2 Å². The van der Waals surface area contributed by atoms with Crippen molar-refractivity contribution in [2.45, 2.75) is 6.92 Å². The van der Waals surface area contributed by atoms with Crippen molar-refractivity contribution < 1.29 is 4.92 Å². The molecule has 0 fully saturated rings. The van der Waals surface area contributed by atoms with Gasteiger partial charge < -0.3 is 5.32 Å². The summed E-state index contributed by atoms with van der Waals surface area (Å²) < 4.78 is 1.43. The highest BCUT2D eigenvalue weighted by atomic mass is 16.6. The number of aromatic nitrogens is 2. The maximum atomic E-state index is 13.1. The number of nitrogens with zero attached hydrogens (tertiary/aromatic N) is 4. The van der Waals surface area contributed by atoms with Crippen LogP contribution < -0.4 is 16.1 Å². The molecule has 4 rings (SSSR count). The molecule has 4 aromatic rings. The number of benzene rings is 2. The lowest BCUT2D eigenvalue weighted by Crippen LogP contribution is -2.34. The van der Waals surface area contributed by atoms with E-state index in [-0.39, 0.29) is 11.2 Å². The van der Waals surface area contributed by atoms with Crippen LogP contribution in [0.25, 0.3) is 22.9 Å². The van der Waals surface area contributed by atoms with Crippen molar-refractivity contribution in [1.82, 2.24) is 9.38 Å². The molecule has 2 heterocycles. The lowest BCUT2D eigenvalue weighted by molar-refractivity contribution is -0.384. The third-order valence-corrected chi connectivity index (χ3v) is 4.57. The molecule has 136 valence electrons. The Morgan fingerprint density at radius 2 is 1.93 bits per heavy atom. The molecule has 0 saturated heterocycles. The normalized spacial score (nSPS) is 11.6. The first-order valence-electron chi connectivity index (χ1n) is 8.36. The van der Waals surface area contributed by atoms with Crippen LogP contribution in [0.15, 0.2) is 53.3 Å². The summed E-state index contributed by atoms with van der Waals surface area (Å²) in [6, 6.07) is 15.2. The van der Waals surface area contributed by atoms with E-state index < -0.39 is 4.92 Å². The van der Waals surface area contributed by atoms with Gasteiger partial charge in [0.05, 0.1) is 26.7 Å². The van der Waals surface area contributed by atoms with E-state index in [2.05, 4.69) is 16.4 Å². The number of nitro groups is 1. The van der Waals surface area contributed by atoms with Gasteiger partial charge in [0.2, 0.25) is 0 Å². The smallest absolute Gasteiger partial charge is 0.269 e. The Bertz CT molecular complexity index is 1400. The number of hydrogen-bond acceptors (Lipinski definition) is 6. The predicted octanol–water partition coefficient (Wildman–Crippen LogP) is 2.50. The van der Waals surface area contributed by atoms with E-state index in [4.69, 9.17) is 0 Å². The maximum absolute atomic E-state index is 13.1. The summed E-state index contributed by atoms with van der Waals surface area (Å²) in [6.45, 7) is 1.70. The molecule has 1 N–H and O–H groups in total. The maximum Gasteiger partial charge on any atom is 0.269 e. The zero-order chi connectivity index (χ0) is 19.8. The minimum Gasteiger partial charge on any atom is -0.361 e. The number of non-ortho nitro benzene ring substituents is 1. The van der Waals surface area contributed by atoms with E-state index in [1.807, 2.05) is 6.07 Å². The van der Waals surface area contributed by atoms with Gasteiger partial charge in [0.1, 0.15) is 6.07 Å². The molecule has 0 bridgehead atoms. The zero-order valence-corrected chi connectivity index (χ0v) is 14.7. The number of nitrogens with one attached hydrogen (secondary N) is 1. The van der Waals surface area contributed by atoms with Gasteiger partial charge >= 0.3 is 0 Å². The Labute approximate surface area is 158 Å². The molecule has 8 heteroatoms. The molecule has 0 saturated carbocycles. The Balaban J connectivity index is 1.92. The molecule has 0 spiro atoms. The number of fused-ring (bicyclic) bond motifs is 3. The number of nitro benzene ring substituents is 1. The van der Waals surface area contributed by atoms with E-state index in [1.165, 1.54) is 22.7 Å². The topological polar surface area (TPSA) is 113 Å². The molecule has 2 aromatic carbocycles. The minimum atomic E-state index is -0.481. The van der Waals surface area contributed by atoms with Gasteiger partial charge in [-0.25, -0.2) is 4.98 Å². The second-order valence-corrected chi connectivity index (χ2v) is 6.18. The van der Waals surface area contributed by atoms with Crippen molar-refractivity contribution in [3.05, 3.63) is 85.3 Å². The first kappa shape index (κ1) is 17.2. The Kier molecular flexibility index (Phi) is 3.98. The van der Waals surface area contributed by atoms with Crippen LogP contribution in [0.1, 0.15) is 11.1 Å². The quantitative estimate of drug-likeness (QED) is 0.437. The van der Waals surface area contributed by atoms with E-state index >= 15 is 0 Å². The van der Waals surface area contributed by atoms with Crippen LogP contribution in [0.5, 0.6) is 0 Å². The fourth-order valence-electron chi connectivity index (χ4n) is 3.12. The van der Waals surface area contributed by atoms with Gasteiger partial charge in [0.15, 0.2) is 5.65 Å². The van der Waals surface area contributed by atoms with Gasteiger partial charge in [-0.05, 0) is 36.8 Å². The molecule has 28 heavy (non-hydrogen) atoms. The van der Waals surface area contributed by atoms with E-state index in [0.29, 0.717) is 38.7 Å². The van der Waals surface area contributed by atoms with Crippen LogP contribution in [0.3, 0.4) is 0 Å². The monoisotopic (exact) mass is 371 g/mol. The average Bonchev–Trinajstić information content (AvgIpc) is 3.08. The van der Waals surface area contributed by atoms with Crippen molar-refractivity contribution >= 4 is 34.3 Å². The number of anilines is 1. The third-order valence-electron chi connectivity index (χ3n) is 4.57. The highest BCUT2D eigenvalue weighted by molar-refractivity contribution is 5.82. The zero-order valence-electron chi connectivity index (χ0n) is 14.7. The predicted molar refractivity (Wildman–Crippen MR) is 105 cm³/mol. The molecule has 0 radical (unpaired) electrons. The lowest BCUT2D eigenvalue weighted by atomic mass is 10.1. The molecular weight excluding hydrogens is 358 g/mol. The van der Waals surface area contributed by atoms with Gasteiger partial charge in [0, 0.05) is 24.0 Å². The van der Waals surface area contributed by atoms with Gasteiger partial charge in [-0.1, -0.05) is 12.1 Å². The minimum absolute atomic E-state index is 0.0238. The summed E-state index contributed by atoms with van der Waals surface area (Å²) in [6.07, 6.45) is 1.51. The first-order valence-corrected chi connectivity index (χ1v) is 8.36. The van der Waals surface area contributed by atoms with Gasteiger partial charge in [-0.15, -0.1) is 0 Å². The SMILES string of the molecule is Cc1c(C#N)c2nc3ccccc3n2c(=O)/c1=C\Nc1ccc([N+](=O)[O-])cc1. The molecule has 2 aromatic heterocycles. The van der Waals surface area contributed by atoms with Crippen molar-refractivity contribution in [3.63, 3.8) is 0 Å². The summed E-state index contributed by atoms with van der Waals surface area (Å²) in [5.74, 6) is 0. The lowest BCUT2D eigenvalue weighted by Gasteiger charge is -2.04. The summed E-state index contributed by atoms with van der Waals surface area (Å²) >= 11 is 0. The van der Waals surface area contributed by atoms with Crippen molar-refractivity contribution in [3.8, 4) is 6.07 Å². The van der Waals surface area contributed by atoms with Gasteiger partial charge in [-0.2, -0.15) is 5.26 Å². The Morgan fingerprint density at radius 1 is 1.21 bits per heavy atom. The molecule has 0 amide bonds. The van der Waals surface area contributed by atoms with Crippen LogP contribution in [-0.2, 0) is 0 Å². The van der Waals surface area contributed by atoms with Crippen LogP contribution in [-0.4, -0.2) is 14.3 Å². The molecule has 0 aliphatic carbocycles. The van der Waals surface area contributed by atoms with E-state index in [1.54, 1.807) is 37.3 Å². The fraction of sp³-hybridized carbons (Fsp3) is 0.0500. The Morgan fingerprint density at radius 3 is 2.61 bits per heavy atom. The first-order chi connectivity index (χ1) is 13.5. The largest absolute Gasteiger partial charge is 0.361 e. The molecule has 8 nitrogen and oxygen atoms in total. The van der Waals surface area contributed by atoms with Crippen LogP contribution in [0, 0.1) is 28.4 Å². The van der Waals surface area contributed by atoms with Crippen molar-refractivity contribution in [2.75, 3.05) is 5.32 Å². The number of hydrogen-bond donors (Lipinski definition) is 1. The summed E-state index contributed by atoms with van der Waals surface area (Å²) in [4.78, 5) is 27.8. The molecule has 0 aliphatic rings. The molecule has 0 atom stereocenters. The molecule has 0 unspecified atom stereocenters. The number of para-hydroxylation sites is 2. The number of nitriles is 1. The highest BCUT2D eigenvalue weighted by Crippen LogP contribution is 2.18.